The number of nitrogens with one attached hydrogen (secondary N) is 1. The minimum Gasteiger partial charge on any atom is -0.271 e. The zero-order valence-electron chi connectivity index (χ0n) is 10.6. The van der Waals surface area contributed by atoms with Gasteiger partial charge in [-0.25, -0.2) is 4.98 Å². The summed E-state index contributed by atoms with van der Waals surface area (Å²) >= 11 is 7.85. The molecule has 0 spiro atoms. The first kappa shape index (κ1) is 13.5. The minimum atomic E-state index is 0.00444. The molecule has 0 aliphatic rings. The van der Waals surface area contributed by atoms with Crippen molar-refractivity contribution < 1.29 is 0 Å². The Morgan fingerprint density at radius 3 is 2.67 bits per heavy atom. The zero-order chi connectivity index (χ0) is 13.3. The molecule has 98 valence electrons. The maximum Gasteiger partial charge on any atom is 0.0847 e. The van der Waals surface area contributed by atoms with Crippen LogP contribution in [-0.2, 0) is 13.5 Å². The van der Waals surface area contributed by atoms with E-state index in [-0.39, 0.29) is 6.04 Å². The second kappa shape index (κ2) is 5.36. The number of nitrogens with two attached hydrogens (primary N) is 1. The maximum atomic E-state index is 6.25. The van der Waals surface area contributed by atoms with Crippen LogP contribution in [-0.4, -0.2) is 14.8 Å². The number of hydrogen-bond acceptors (Lipinski definition) is 5. The normalized spacial score (nSPS) is 12.9. The third-order valence-electron chi connectivity index (χ3n) is 2.96. The van der Waals surface area contributed by atoms with Crippen molar-refractivity contribution in [2.45, 2.75) is 26.3 Å². The Hall–Kier alpha value is -0.950. The third-order valence-corrected chi connectivity index (χ3v) is 4.50. The van der Waals surface area contributed by atoms with Crippen LogP contribution in [0.2, 0.25) is 5.02 Å². The topological polar surface area (TPSA) is 68.8 Å². The van der Waals surface area contributed by atoms with E-state index in [2.05, 4.69) is 15.5 Å². The Morgan fingerprint density at radius 2 is 2.22 bits per heavy atom. The highest BCUT2D eigenvalue weighted by Gasteiger charge is 2.20. The molecule has 0 aliphatic heterocycles. The van der Waals surface area contributed by atoms with Gasteiger partial charge in [-0.2, -0.15) is 5.10 Å². The highest BCUT2D eigenvalue weighted by molar-refractivity contribution is 7.09. The minimum absolute atomic E-state index is 0.00444. The van der Waals surface area contributed by atoms with E-state index in [0.29, 0.717) is 11.4 Å². The van der Waals surface area contributed by atoms with Gasteiger partial charge < -0.3 is 0 Å². The molecule has 5 nitrogen and oxygen atoms in total. The van der Waals surface area contributed by atoms with Crippen LogP contribution >= 0.6 is 22.9 Å². The van der Waals surface area contributed by atoms with Crippen molar-refractivity contribution in [1.29, 1.82) is 0 Å². The molecule has 0 amide bonds. The van der Waals surface area contributed by atoms with Crippen LogP contribution in [0, 0.1) is 13.8 Å². The van der Waals surface area contributed by atoms with Gasteiger partial charge in [0.1, 0.15) is 0 Å². The smallest absolute Gasteiger partial charge is 0.0847 e. The van der Waals surface area contributed by atoms with E-state index in [1.165, 1.54) is 0 Å². The average Bonchev–Trinajstić information content (AvgIpc) is 2.84. The van der Waals surface area contributed by atoms with E-state index < -0.39 is 0 Å². The van der Waals surface area contributed by atoms with E-state index in [9.17, 15) is 0 Å². The lowest BCUT2D eigenvalue weighted by molar-refractivity contribution is 0.534. The highest BCUT2D eigenvalue weighted by Crippen LogP contribution is 2.28. The van der Waals surface area contributed by atoms with Gasteiger partial charge in [-0.3, -0.25) is 16.0 Å². The zero-order valence-corrected chi connectivity index (χ0v) is 12.1. The summed E-state index contributed by atoms with van der Waals surface area (Å²) in [7, 11) is 1.89. The van der Waals surface area contributed by atoms with Crippen molar-refractivity contribution in [3.8, 4) is 0 Å². The fraction of sp³-hybridized carbons (Fsp3) is 0.455. The molecule has 0 radical (unpaired) electrons. The van der Waals surface area contributed by atoms with E-state index in [1.54, 1.807) is 16.0 Å². The standard InChI is InChI=1S/C11H16ClN5S/c1-6-10(12)9(17(3)16-6)4-8(15-13)11-7(2)14-5-18-11/h5,8,15H,4,13H2,1-3H3. The van der Waals surface area contributed by atoms with Gasteiger partial charge in [0.05, 0.1) is 33.7 Å². The van der Waals surface area contributed by atoms with Crippen LogP contribution < -0.4 is 11.3 Å². The number of hydrogen-bond donors (Lipinski definition) is 2. The molecule has 18 heavy (non-hydrogen) atoms. The van der Waals surface area contributed by atoms with Crippen LogP contribution in [0.3, 0.4) is 0 Å². The molecule has 1 atom stereocenters. The molecule has 0 saturated carbocycles. The molecule has 3 N–H and O–H groups in total. The Bertz CT molecular complexity index is 548. The van der Waals surface area contributed by atoms with Crippen molar-refractivity contribution >= 4 is 22.9 Å². The fourth-order valence-electron chi connectivity index (χ4n) is 1.97. The number of hydrazine groups is 1. The molecule has 0 aromatic carbocycles. The van der Waals surface area contributed by atoms with Gasteiger partial charge in [-0.15, -0.1) is 11.3 Å². The highest BCUT2D eigenvalue weighted by atomic mass is 35.5. The van der Waals surface area contributed by atoms with Gasteiger partial charge in [0.2, 0.25) is 0 Å². The second-order valence-corrected chi connectivity index (χ2v) is 5.46. The molecular weight excluding hydrogens is 270 g/mol. The van der Waals surface area contributed by atoms with Crippen molar-refractivity contribution in [3.05, 3.63) is 32.5 Å². The molecule has 0 bridgehead atoms. The maximum absolute atomic E-state index is 6.25. The first-order valence-electron chi connectivity index (χ1n) is 5.58. The number of rotatable bonds is 4. The summed E-state index contributed by atoms with van der Waals surface area (Å²) in [5.41, 5.74) is 7.47. The number of aromatic nitrogens is 3. The summed E-state index contributed by atoms with van der Waals surface area (Å²) in [6.07, 6.45) is 0.690. The Labute approximate surface area is 115 Å². The lowest BCUT2D eigenvalue weighted by Crippen LogP contribution is -2.30. The van der Waals surface area contributed by atoms with Crippen LogP contribution in [0.1, 0.15) is 28.0 Å². The molecule has 1 unspecified atom stereocenters. The van der Waals surface area contributed by atoms with Crippen molar-refractivity contribution in [2.75, 3.05) is 0 Å². The Morgan fingerprint density at radius 1 is 1.50 bits per heavy atom. The monoisotopic (exact) mass is 285 g/mol. The molecule has 2 aromatic heterocycles. The van der Waals surface area contributed by atoms with E-state index in [1.807, 2.05) is 26.4 Å². The Balaban J connectivity index is 2.29. The lowest BCUT2D eigenvalue weighted by atomic mass is 10.1. The lowest BCUT2D eigenvalue weighted by Gasteiger charge is -2.15. The van der Waals surface area contributed by atoms with E-state index in [4.69, 9.17) is 17.4 Å². The van der Waals surface area contributed by atoms with Crippen LogP contribution in [0.15, 0.2) is 5.51 Å². The summed E-state index contributed by atoms with van der Waals surface area (Å²) < 4.78 is 1.80. The molecule has 2 aromatic rings. The summed E-state index contributed by atoms with van der Waals surface area (Å²) in [5.74, 6) is 5.64. The first-order valence-corrected chi connectivity index (χ1v) is 6.84. The molecule has 7 heteroatoms. The first-order chi connectivity index (χ1) is 8.54. The van der Waals surface area contributed by atoms with Crippen LogP contribution in [0.4, 0.5) is 0 Å². The molecule has 2 rings (SSSR count). The predicted octanol–water partition coefficient (Wildman–Crippen LogP) is 1.89. The largest absolute Gasteiger partial charge is 0.271 e. The predicted molar refractivity (Wildman–Crippen MR) is 73.6 cm³/mol. The average molecular weight is 286 g/mol. The number of nitrogens with zero attached hydrogens (tertiary/aromatic N) is 3. The van der Waals surface area contributed by atoms with Gasteiger partial charge in [-0.05, 0) is 13.8 Å². The van der Waals surface area contributed by atoms with Crippen LogP contribution in [0.5, 0.6) is 0 Å². The summed E-state index contributed by atoms with van der Waals surface area (Å²) in [4.78, 5) is 5.38. The van der Waals surface area contributed by atoms with Gasteiger partial charge in [0.25, 0.3) is 0 Å². The summed E-state index contributed by atoms with van der Waals surface area (Å²) in [6.45, 7) is 3.88. The SMILES string of the molecule is Cc1ncsc1C(Cc1c(Cl)c(C)nn1C)NN. The van der Waals surface area contributed by atoms with Crippen molar-refractivity contribution in [1.82, 2.24) is 20.2 Å². The van der Waals surface area contributed by atoms with E-state index >= 15 is 0 Å². The van der Waals surface area contributed by atoms with Gasteiger partial charge in [0.15, 0.2) is 0 Å². The molecule has 0 fully saturated rings. The Kier molecular flexibility index (Phi) is 4.01. The third kappa shape index (κ3) is 2.42. The second-order valence-electron chi connectivity index (χ2n) is 4.20. The summed E-state index contributed by atoms with van der Waals surface area (Å²) in [5, 5.41) is 5.01. The number of thiazole rings is 1. The number of halogens is 1. The quantitative estimate of drug-likeness (QED) is 0.665. The van der Waals surface area contributed by atoms with Gasteiger partial charge in [0, 0.05) is 18.3 Å². The van der Waals surface area contributed by atoms with Gasteiger partial charge in [-0.1, -0.05) is 11.6 Å². The van der Waals surface area contributed by atoms with Gasteiger partial charge >= 0.3 is 0 Å². The molecular formula is C11H16ClN5S. The molecule has 0 aliphatic carbocycles. The van der Waals surface area contributed by atoms with E-state index in [0.717, 1.165) is 22.0 Å². The van der Waals surface area contributed by atoms with Crippen LogP contribution in [0.25, 0.3) is 0 Å². The fourth-order valence-corrected chi connectivity index (χ4v) is 3.07. The molecule has 0 saturated heterocycles. The van der Waals surface area contributed by atoms with Crippen molar-refractivity contribution in [2.24, 2.45) is 12.9 Å². The van der Waals surface area contributed by atoms with Crippen molar-refractivity contribution in [3.63, 3.8) is 0 Å². The summed E-state index contributed by atoms with van der Waals surface area (Å²) in [6, 6.07) is 0.00444. The number of aryl methyl sites for hydroxylation is 3. The molecule has 2 heterocycles.